The van der Waals surface area contributed by atoms with Crippen LogP contribution in [-0.4, -0.2) is 22.3 Å². The molecule has 0 amide bonds. The Labute approximate surface area is 94.6 Å². The number of nitrogens with zero attached hydrogens (tertiary/aromatic N) is 3. The molecule has 3 heterocycles. The third kappa shape index (κ3) is 1.60. The van der Waals surface area contributed by atoms with Gasteiger partial charge in [-0.3, -0.25) is 4.99 Å². The molecule has 0 saturated heterocycles. The molecule has 3 nitrogen and oxygen atoms in total. The average molecular weight is 239 g/mol. The lowest BCUT2D eigenvalue weighted by Crippen LogP contribution is -2.11. The van der Waals surface area contributed by atoms with Crippen LogP contribution in [0.2, 0.25) is 0 Å². The molecule has 0 unspecified atom stereocenters. The summed E-state index contributed by atoms with van der Waals surface area (Å²) < 4.78 is 39.5. The van der Waals surface area contributed by atoms with E-state index in [0.717, 1.165) is 18.0 Å². The SMILES string of the molecule is FC(F)(F)c1cnc2c(c1)cc1n2CCN=C1. The Bertz CT molecular complexity index is 610. The minimum absolute atomic E-state index is 0.503. The van der Waals surface area contributed by atoms with E-state index >= 15 is 0 Å². The summed E-state index contributed by atoms with van der Waals surface area (Å²) in [5.74, 6) is 0. The third-order valence-electron chi connectivity index (χ3n) is 2.77. The van der Waals surface area contributed by atoms with Crippen LogP contribution < -0.4 is 0 Å². The molecule has 88 valence electrons. The van der Waals surface area contributed by atoms with Crippen molar-refractivity contribution in [2.45, 2.75) is 12.7 Å². The van der Waals surface area contributed by atoms with Crippen LogP contribution in [0, 0.1) is 0 Å². The molecular formula is C11H8F3N3. The van der Waals surface area contributed by atoms with Crippen LogP contribution in [0.5, 0.6) is 0 Å². The first-order valence-electron chi connectivity index (χ1n) is 5.12. The largest absolute Gasteiger partial charge is 0.417 e. The molecule has 1 aliphatic rings. The van der Waals surface area contributed by atoms with Gasteiger partial charge in [-0.2, -0.15) is 13.2 Å². The zero-order valence-electron chi connectivity index (χ0n) is 8.70. The lowest BCUT2D eigenvalue weighted by Gasteiger charge is -2.10. The highest BCUT2D eigenvalue weighted by Crippen LogP contribution is 2.31. The maximum Gasteiger partial charge on any atom is 0.417 e. The molecule has 3 rings (SSSR count). The lowest BCUT2D eigenvalue weighted by atomic mass is 10.2. The van der Waals surface area contributed by atoms with Crippen LogP contribution in [0.25, 0.3) is 11.0 Å². The van der Waals surface area contributed by atoms with Crippen molar-refractivity contribution in [1.29, 1.82) is 0 Å². The monoisotopic (exact) mass is 239 g/mol. The maximum atomic E-state index is 12.5. The molecule has 1 aliphatic heterocycles. The summed E-state index contributed by atoms with van der Waals surface area (Å²) in [6.45, 7) is 1.30. The topological polar surface area (TPSA) is 30.2 Å². The second-order valence-corrected chi connectivity index (χ2v) is 3.89. The highest BCUT2D eigenvalue weighted by molar-refractivity contribution is 5.89. The number of rotatable bonds is 0. The normalized spacial score (nSPS) is 15.2. The number of hydrogen-bond donors (Lipinski definition) is 0. The summed E-state index contributed by atoms with van der Waals surface area (Å²) in [6, 6.07) is 2.81. The second-order valence-electron chi connectivity index (χ2n) is 3.89. The Morgan fingerprint density at radius 2 is 2.06 bits per heavy atom. The van der Waals surface area contributed by atoms with Crippen LogP contribution in [-0.2, 0) is 12.7 Å². The van der Waals surface area contributed by atoms with Gasteiger partial charge < -0.3 is 4.57 Å². The van der Waals surface area contributed by atoms with Crippen molar-refractivity contribution in [1.82, 2.24) is 9.55 Å². The van der Waals surface area contributed by atoms with Crippen molar-refractivity contribution in [3.8, 4) is 0 Å². The van der Waals surface area contributed by atoms with Crippen LogP contribution in [0.15, 0.2) is 23.3 Å². The maximum absolute atomic E-state index is 12.5. The number of fused-ring (bicyclic) bond motifs is 3. The Kier molecular flexibility index (Phi) is 2.01. The number of aliphatic imine (C=N–C) groups is 1. The van der Waals surface area contributed by atoms with Crippen molar-refractivity contribution in [2.24, 2.45) is 4.99 Å². The highest BCUT2D eigenvalue weighted by Gasteiger charge is 2.31. The first-order valence-corrected chi connectivity index (χ1v) is 5.12. The Balaban J connectivity index is 2.22. The van der Waals surface area contributed by atoms with Crippen LogP contribution in [0.1, 0.15) is 11.3 Å². The highest BCUT2D eigenvalue weighted by atomic mass is 19.4. The minimum atomic E-state index is -4.35. The van der Waals surface area contributed by atoms with Gasteiger partial charge in [0.1, 0.15) is 5.65 Å². The molecule has 0 spiro atoms. The predicted molar refractivity (Wildman–Crippen MR) is 57.2 cm³/mol. The van der Waals surface area contributed by atoms with E-state index in [9.17, 15) is 13.2 Å². The number of aromatic nitrogens is 2. The Hall–Kier alpha value is -1.85. The van der Waals surface area contributed by atoms with Crippen molar-refractivity contribution in [3.05, 3.63) is 29.6 Å². The Morgan fingerprint density at radius 3 is 2.82 bits per heavy atom. The summed E-state index contributed by atoms with van der Waals surface area (Å²) in [7, 11) is 0. The van der Waals surface area contributed by atoms with E-state index in [2.05, 4.69) is 9.98 Å². The molecule has 0 aromatic carbocycles. The standard InChI is InChI=1S/C11H8F3N3/c12-11(13,14)8-3-7-4-9-6-15-1-2-17(9)10(7)16-5-8/h3-6H,1-2H2. The number of halogens is 3. The molecule has 17 heavy (non-hydrogen) atoms. The third-order valence-corrected chi connectivity index (χ3v) is 2.77. The first kappa shape index (κ1) is 10.3. The summed E-state index contributed by atoms with van der Waals surface area (Å²) in [6.07, 6.45) is -1.81. The molecule has 0 bridgehead atoms. The van der Waals surface area contributed by atoms with E-state index in [1.54, 1.807) is 12.3 Å². The van der Waals surface area contributed by atoms with E-state index in [4.69, 9.17) is 0 Å². The van der Waals surface area contributed by atoms with E-state index in [0.29, 0.717) is 24.1 Å². The van der Waals surface area contributed by atoms with Gasteiger partial charge in [-0.05, 0) is 12.1 Å². The molecule has 0 atom stereocenters. The van der Waals surface area contributed by atoms with Gasteiger partial charge >= 0.3 is 6.18 Å². The van der Waals surface area contributed by atoms with Gasteiger partial charge in [-0.15, -0.1) is 0 Å². The molecule has 0 radical (unpaired) electrons. The summed E-state index contributed by atoms with van der Waals surface area (Å²) >= 11 is 0. The van der Waals surface area contributed by atoms with E-state index in [1.807, 2.05) is 4.57 Å². The quantitative estimate of drug-likeness (QED) is 0.694. The Morgan fingerprint density at radius 1 is 1.24 bits per heavy atom. The van der Waals surface area contributed by atoms with E-state index < -0.39 is 11.7 Å². The van der Waals surface area contributed by atoms with Gasteiger partial charge in [0.25, 0.3) is 0 Å². The van der Waals surface area contributed by atoms with Crippen molar-refractivity contribution in [3.63, 3.8) is 0 Å². The fraction of sp³-hybridized carbons (Fsp3) is 0.273. The fourth-order valence-corrected chi connectivity index (χ4v) is 1.98. The molecule has 0 saturated carbocycles. The molecule has 2 aromatic rings. The van der Waals surface area contributed by atoms with E-state index in [1.165, 1.54) is 0 Å². The predicted octanol–water partition coefficient (Wildman–Crippen LogP) is 2.49. The smallest absolute Gasteiger partial charge is 0.323 e. The number of hydrogen-bond acceptors (Lipinski definition) is 2. The molecule has 6 heteroatoms. The molecular weight excluding hydrogens is 231 g/mol. The molecule has 0 N–H and O–H groups in total. The molecule has 2 aromatic heterocycles. The van der Waals surface area contributed by atoms with Gasteiger partial charge in [0, 0.05) is 24.3 Å². The van der Waals surface area contributed by atoms with Gasteiger partial charge in [-0.1, -0.05) is 0 Å². The van der Waals surface area contributed by atoms with Crippen LogP contribution in [0.3, 0.4) is 0 Å². The average Bonchev–Trinajstić information content (AvgIpc) is 2.65. The fourth-order valence-electron chi connectivity index (χ4n) is 1.98. The van der Waals surface area contributed by atoms with Crippen LogP contribution >= 0.6 is 0 Å². The van der Waals surface area contributed by atoms with Crippen molar-refractivity contribution >= 4 is 17.2 Å². The van der Waals surface area contributed by atoms with Crippen molar-refractivity contribution in [2.75, 3.05) is 6.54 Å². The van der Waals surface area contributed by atoms with E-state index in [-0.39, 0.29) is 0 Å². The second kappa shape index (κ2) is 3.32. The number of alkyl halides is 3. The van der Waals surface area contributed by atoms with Gasteiger partial charge in [0.05, 0.1) is 17.8 Å². The van der Waals surface area contributed by atoms with Gasteiger partial charge in [0.2, 0.25) is 0 Å². The minimum Gasteiger partial charge on any atom is -0.323 e. The summed E-state index contributed by atoms with van der Waals surface area (Å²) in [5, 5.41) is 0.503. The van der Waals surface area contributed by atoms with Gasteiger partial charge in [0.15, 0.2) is 0 Å². The van der Waals surface area contributed by atoms with Crippen molar-refractivity contribution < 1.29 is 13.2 Å². The first-order chi connectivity index (χ1) is 8.05. The summed E-state index contributed by atoms with van der Waals surface area (Å²) in [4.78, 5) is 7.99. The zero-order chi connectivity index (χ0) is 12.0. The zero-order valence-corrected chi connectivity index (χ0v) is 8.70. The summed E-state index contributed by atoms with van der Waals surface area (Å²) in [5.41, 5.74) is 0.669. The lowest BCUT2D eigenvalue weighted by molar-refractivity contribution is -0.137. The molecule has 0 aliphatic carbocycles. The number of pyridine rings is 1. The van der Waals surface area contributed by atoms with Gasteiger partial charge in [-0.25, -0.2) is 4.98 Å². The van der Waals surface area contributed by atoms with Crippen LogP contribution in [0.4, 0.5) is 13.2 Å². The molecule has 0 fully saturated rings.